The Balaban J connectivity index is 2.31. The molecule has 8 nitrogen and oxygen atoms in total. The summed E-state index contributed by atoms with van der Waals surface area (Å²) in [5.74, 6) is -1.84. The first-order valence-electron chi connectivity index (χ1n) is 5.62. The Morgan fingerprint density at radius 3 is 2.67 bits per heavy atom. The van der Waals surface area contributed by atoms with Crippen molar-refractivity contribution in [3.05, 3.63) is 0 Å². The Bertz CT molecular complexity index is 327. The molecule has 0 aromatic heterocycles. The van der Waals surface area contributed by atoms with Crippen molar-refractivity contribution < 1.29 is 24.2 Å². The molecule has 3 amide bonds. The summed E-state index contributed by atoms with van der Waals surface area (Å²) >= 11 is 0. The summed E-state index contributed by atoms with van der Waals surface area (Å²) in [4.78, 5) is 32.8. The second-order valence-electron chi connectivity index (χ2n) is 4.15. The molecule has 1 aliphatic heterocycles. The SMILES string of the molecule is NC(=O)C[C@H](NC(=O)NCC1CCOC1)C(=O)O. The molecule has 1 rings (SSSR count). The number of hydrogen-bond acceptors (Lipinski definition) is 4. The molecule has 1 fully saturated rings. The number of ether oxygens (including phenoxy) is 1. The molecule has 102 valence electrons. The second kappa shape index (κ2) is 6.80. The molecule has 0 radical (unpaired) electrons. The fourth-order valence-corrected chi connectivity index (χ4v) is 1.59. The van der Waals surface area contributed by atoms with Crippen molar-refractivity contribution in [3.8, 4) is 0 Å². The Morgan fingerprint density at radius 2 is 2.17 bits per heavy atom. The number of carbonyl (C=O) groups excluding carboxylic acids is 2. The average molecular weight is 259 g/mol. The largest absolute Gasteiger partial charge is 0.480 e. The van der Waals surface area contributed by atoms with E-state index < -0.39 is 30.4 Å². The molecule has 0 aromatic rings. The van der Waals surface area contributed by atoms with Crippen molar-refractivity contribution in [2.45, 2.75) is 18.9 Å². The van der Waals surface area contributed by atoms with E-state index in [9.17, 15) is 14.4 Å². The molecule has 8 heteroatoms. The number of nitrogens with two attached hydrogens (primary N) is 1. The van der Waals surface area contributed by atoms with Crippen molar-refractivity contribution >= 4 is 17.9 Å². The Morgan fingerprint density at radius 1 is 1.44 bits per heavy atom. The highest BCUT2D eigenvalue weighted by atomic mass is 16.5. The smallest absolute Gasteiger partial charge is 0.326 e. The molecular weight excluding hydrogens is 242 g/mol. The van der Waals surface area contributed by atoms with Crippen LogP contribution in [0.15, 0.2) is 0 Å². The zero-order valence-corrected chi connectivity index (χ0v) is 9.85. The van der Waals surface area contributed by atoms with Crippen LogP contribution in [-0.2, 0) is 14.3 Å². The lowest BCUT2D eigenvalue weighted by Crippen LogP contribution is -2.48. The minimum absolute atomic E-state index is 0.246. The number of hydrogen-bond donors (Lipinski definition) is 4. The Labute approximate surface area is 104 Å². The fourth-order valence-electron chi connectivity index (χ4n) is 1.59. The third kappa shape index (κ3) is 5.00. The van der Waals surface area contributed by atoms with E-state index in [4.69, 9.17) is 15.6 Å². The quantitative estimate of drug-likeness (QED) is 0.468. The molecule has 1 unspecified atom stereocenters. The van der Waals surface area contributed by atoms with Gasteiger partial charge in [0.05, 0.1) is 13.0 Å². The van der Waals surface area contributed by atoms with Crippen LogP contribution < -0.4 is 16.4 Å². The minimum atomic E-state index is -1.30. The van der Waals surface area contributed by atoms with Gasteiger partial charge >= 0.3 is 12.0 Å². The predicted octanol–water partition coefficient (Wildman–Crippen LogP) is -1.35. The van der Waals surface area contributed by atoms with Gasteiger partial charge in [0.15, 0.2) is 0 Å². The monoisotopic (exact) mass is 259 g/mol. The highest BCUT2D eigenvalue weighted by molar-refractivity contribution is 5.87. The van der Waals surface area contributed by atoms with Gasteiger partial charge in [0, 0.05) is 19.1 Å². The maximum atomic E-state index is 11.4. The van der Waals surface area contributed by atoms with Gasteiger partial charge in [-0.25, -0.2) is 9.59 Å². The van der Waals surface area contributed by atoms with Gasteiger partial charge in [-0.05, 0) is 6.42 Å². The van der Waals surface area contributed by atoms with E-state index >= 15 is 0 Å². The number of carboxylic acid groups (broad SMARTS) is 1. The normalized spacial score (nSPS) is 20.1. The first-order valence-corrected chi connectivity index (χ1v) is 5.62. The third-order valence-corrected chi connectivity index (χ3v) is 2.58. The number of aliphatic carboxylic acids is 1. The zero-order valence-electron chi connectivity index (χ0n) is 9.85. The summed E-state index contributed by atoms with van der Waals surface area (Å²) in [5.41, 5.74) is 4.89. The van der Waals surface area contributed by atoms with E-state index in [2.05, 4.69) is 10.6 Å². The molecule has 2 atom stereocenters. The van der Waals surface area contributed by atoms with Crippen LogP contribution in [0.2, 0.25) is 0 Å². The Hall–Kier alpha value is -1.83. The predicted molar refractivity (Wildman–Crippen MR) is 60.7 cm³/mol. The lowest BCUT2D eigenvalue weighted by molar-refractivity contribution is -0.140. The third-order valence-electron chi connectivity index (χ3n) is 2.58. The molecular formula is C10H17N3O5. The number of primary amides is 1. The summed E-state index contributed by atoms with van der Waals surface area (Å²) in [6.07, 6.45) is 0.430. The van der Waals surface area contributed by atoms with Gasteiger partial charge in [-0.3, -0.25) is 4.79 Å². The van der Waals surface area contributed by atoms with Crippen molar-refractivity contribution in [1.82, 2.24) is 10.6 Å². The van der Waals surface area contributed by atoms with Gasteiger partial charge in [-0.15, -0.1) is 0 Å². The zero-order chi connectivity index (χ0) is 13.5. The van der Waals surface area contributed by atoms with Gasteiger partial charge in [-0.2, -0.15) is 0 Å². The lowest BCUT2D eigenvalue weighted by Gasteiger charge is -2.15. The van der Waals surface area contributed by atoms with Gasteiger partial charge in [0.1, 0.15) is 6.04 Å². The highest BCUT2D eigenvalue weighted by Crippen LogP contribution is 2.10. The maximum absolute atomic E-state index is 11.4. The second-order valence-corrected chi connectivity index (χ2v) is 4.15. The first kappa shape index (κ1) is 14.2. The van der Waals surface area contributed by atoms with Gasteiger partial charge in [0.25, 0.3) is 0 Å². The van der Waals surface area contributed by atoms with Crippen LogP contribution in [0.5, 0.6) is 0 Å². The number of carboxylic acids is 1. The number of amides is 3. The van der Waals surface area contributed by atoms with Crippen molar-refractivity contribution in [2.24, 2.45) is 11.7 Å². The molecule has 0 bridgehead atoms. The molecule has 0 spiro atoms. The van der Waals surface area contributed by atoms with Crippen molar-refractivity contribution in [1.29, 1.82) is 0 Å². The average Bonchev–Trinajstić information content (AvgIpc) is 2.77. The van der Waals surface area contributed by atoms with E-state index in [1.165, 1.54) is 0 Å². The molecule has 0 saturated carbocycles. The lowest BCUT2D eigenvalue weighted by atomic mass is 10.1. The first-order chi connectivity index (χ1) is 8.49. The number of carbonyl (C=O) groups is 3. The molecule has 18 heavy (non-hydrogen) atoms. The minimum Gasteiger partial charge on any atom is -0.480 e. The van der Waals surface area contributed by atoms with E-state index in [0.29, 0.717) is 19.8 Å². The van der Waals surface area contributed by atoms with Crippen LogP contribution in [0.1, 0.15) is 12.8 Å². The van der Waals surface area contributed by atoms with Crippen LogP contribution >= 0.6 is 0 Å². The van der Waals surface area contributed by atoms with Crippen LogP contribution in [0.3, 0.4) is 0 Å². The van der Waals surface area contributed by atoms with Crippen LogP contribution in [-0.4, -0.2) is 48.8 Å². The summed E-state index contributed by atoms with van der Waals surface area (Å²) in [5, 5.41) is 13.5. The van der Waals surface area contributed by atoms with Crippen LogP contribution in [0, 0.1) is 5.92 Å². The number of nitrogens with one attached hydrogen (secondary N) is 2. The Kier molecular flexibility index (Phi) is 5.37. The highest BCUT2D eigenvalue weighted by Gasteiger charge is 2.23. The maximum Gasteiger partial charge on any atom is 0.326 e. The van der Waals surface area contributed by atoms with E-state index in [0.717, 1.165) is 6.42 Å². The van der Waals surface area contributed by atoms with Crippen molar-refractivity contribution in [3.63, 3.8) is 0 Å². The standard InChI is InChI=1S/C10H17N3O5/c11-8(14)3-7(9(15)16)13-10(17)12-4-6-1-2-18-5-6/h6-7H,1-5H2,(H2,11,14)(H,15,16)(H2,12,13,17)/t6?,7-/m0/s1. The fraction of sp³-hybridized carbons (Fsp3) is 0.700. The topological polar surface area (TPSA) is 131 Å². The molecule has 0 aliphatic carbocycles. The summed E-state index contributed by atoms with van der Waals surface area (Å²) in [6.45, 7) is 1.67. The molecule has 1 heterocycles. The van der Waals surface area contributed by atoms with Crippen molar-refractivity contribution in [2.75, 3.05) is 19.8 Å². The number of urea groups is 1. The molecule has 5 N–H and O–H groups in total. The molecule has 0 aromatic carbocycles. The summed E-state index contributed by atoms with van der Waals surface area (Å²) < 4.78 is 5.13. The molecule has 1 saturated heterocycles. The van der Waals surface area contributed by atoms with Crippen LogP contribution in [0.4, 0.5) is 4.79 Å². The van der Waals surface area contributed by atoms with E-state index in [-0.39, 0.29) is 5.92 Å². The van der Waals surface area contributed by atoms with Gasteiger partial charge in [-0.1, -0.05) is 0 Å². The number of rotatable bonds is 6. The van der Waals surface area contributed by atoms with Gasteiger partial charge in [0.2, 0.25) is 5.91 Å². The van der Waals surface area contributed by atoms with E-state index in [1.807, 2.05) is 0 Å². The molecule has 1 aliphatic rings. The summed E-state index contributed by atoms with van der Waals surface area (Å²) in [6, 6.07) is -1.93. The van der Waals surface area contributed by atoms with Crippen LogP contribution in [0.25, 0.3) is 0 Å². The van der Waals surface area contributed by atoms with E-state index in [1.54, 1.807) is 0 Å². The summed E-state index contributed by atoms with van der Waals surface area (Å²) in [7, 11) is 0. The van der Waals surface area contributed by atoms with Gasteiger partial charge < -0.3 is 26.2 Å².